The Hall–Kier alpha value is -1.30. The smallest absolute Gasteiger partial charge is 0.306 e. The van der Waals surface area contributed by atoms with Crippen LogP contribution in [0.2, 0.25) is 5.02 Å². The van der Waals surface area contributed by atoms with Crippen LogP contribution in [0.15, 0.2) is 24.3 Å². The Bertz CT molecular complexity index is 455. The summed E-state index contributed by atoms with van der Waals surface area (Å²) in [5.74, 6) is -0.0835. The van der Waals surface area contributed by atoms with Crippen molar-refractivity contribution in [2.45, 2.75) is 12.5 Å². The van der Waals surface area contributed by atoms with Crippen LogP contribution in [0.3, 0.4) is 0 Å². The molecule has 0 bridgehead atoms. The zero-order valence-corrected chi connectivity index (χ0v) is 11.9. The number of hydrogen-bond acceptors (Lipinski definition) is 4. The van der Waals surface area contributed by atoms with Crippen molar-refractivity contribution in [1.29, 1.82) is 0 Å². The normalized spacial score (nSPS) is 19.8. The van der Waals surface area contributed by atoms with Crippen molar-refractivity contribution >= 4 is 17.6 Å². The number of benzene rings is 1. The number of rotatable bonds is 6. The minimum atomic E-state index is -0.827. The number of nitrogens with zero attached hydrogens (tertiary/aromatic N) is 1. The van der Waals surface area contributed by atoms with Crippen LogP contribution in [0.5, 0.6) is 5.75 Å². The first-order valence-electron chi connectivity index (χ1n) is 6.57. The predicted molar refractivity (Wildman–Crippen MR) is 75.4 cm³/mol. The van der Waals surface area contributed by atoms with E-state index in [1.165, 1.54) is 0 Å². The second-order valence-electron chi connectivity index (χ2n) is 4.70. The van der Waals surface area contributed by atoms with Gasteiger partial charge in [-0.3, -0.25) is 9.69 Å². The number of halogens is 1. The molecule has 1 fully saturated rings. The maximum Gasteiger partial charge on any atom is 0.306 e. The van der Waals surface area contributed by atoms with Crippen LogP contribution in [-0.2, 0) is 9.53 Å². The lowest BCUT2D eigenvalue weighted by atomic mass is 10.2. The van der Waals surface area contributed by atoms with Crippen LogP contribution in [0.4, 0.5) is 0 Å². The van der Waals surface area contributed by atoms with Gasteiger partial charge in [0, 0.05) is 24.7 Å². The summed E-state index contributed by atoms with van der Waals surface area (Å²) < 4.78 is 11.0. The van der Waals surface area contributed by atoms with Gasteiger partial charge in [-0.25, -0.2) is 0 Å². The van der Waals surface area contributed by atoms with Crippen LogP contribution >= 0.6 is 11.6 Å². The van der Waals surface area contributed by atoms with Crippen molar-refractivity contribution in [3.63, 3.8) is 0 Å². The zero-order chi connectivity index (χ0) is 14.4. The van der Waals surface area contributed by atoms with Gasteiger partial charge in [0.25, 0.3) is 0 Å². The van der Waals surface area contributed by atoms with E-state index < -0.39 is 5.97 Å². The van der Waals surface area contributed by atoms with E-state index in [0.717, 1.165) is 18.8 Å². The average molecular weight is 300 g/mol. The first-order chi connectivity index (χ1) is 9.63. The Morgan fingerprint density at radius 1 is 1.55 bits per heavy atom. The lowest BCUT2D eigenvalue weighted by Gasteiger charge is -2.32. The number of morpholine rings is 1. The largest absolute Gasteiger partial charge is 0.492 e. The van der Waals surface area contributed by atoms with E-state index in [1.54, 1.807) is 12.1 Å². The Kier molecular flexibility index (Phi) is 5.64. The fraction of sp³-hybridized carbons (Fsp3) is 0.500. The van der Waals surface area contributed by atoms with Crippen molar-refractivity contribution in [3.05, 3.63) is 29.3 Å². The Balaban J connectivity index is 1.72. The molecule has 1 unspecified atom stereocenters. The SMILES string of the molecule is O=C(O)CC1CN(CCOc2cccc(Cl)c2)CCO1. The van der Waals surface area contributed by atoms with Crippen LogP contribution < -0.4 is 4.74 Å². The molecule has 0 aromatic heterocycles. The van der Waals surface area contributed by atoms with Crippen LogP contribution in [0, 0.1) is 0 Å². The van der Waals surface area contributed by atoms with Gasteiger partial charge >= 0.3 is 5.97 Å². The molecule has 0 spiro atoms. The summed E-state index contributed by atoms with van der Waals surface area (Å²) in [6.45, 7) is 3.28. The second kappa shape index (κ2) is 7.47. The molecule has 1 N–H and O–H groups in total. The third-order valence-corrected chi connectivity index (χ3v) is 3.33. The van der Waals surface area contributed by atoms with Crippen LogP contribution in [0.25, 0.3) is 0 Å². The summed E-state index contributed by atoms with van der Waals surface area (Å²) in [5.41, 5.74) is 0. The lowest BCUT2D eigenvalue weighted by Crippen LogP contribution is -2.44. The number of hydrogen-bond donors (Lipinski definition) is 1. The molecule has 1 aliphatic rings. The van der Waals surface area contributed by atoms with E-state index in [1.807, 2.05) is 12.1 Å². The highest BCUT2D eigenvalue weighted by molar-refractivity contribution is 6.30. The lowest BCUT2D eigenvalue weighted by molar-refractivity contribution is -0.142. The van der Waals surface area contributed by atoms with E-state index in [9.17, 15) is 4.79 Å². The minimum Gasteiger partial charge on any atom is -0.492 e. The van der Waals surface area contributed by atoms with Gasteiger partial charge in [-0.2, -0.15) is 0 Å². The Morgan fingerprint density at radius 2 is 2.40 bits per heavy atom. The third-order valence-electron chi connectivity index (χ3n) is 3.10. The number of ether oxygens (including phenoxy) is 2. The first-order valence-corrected chi connectivity index (χ1v) is 6.95. The van der Waals surface area contributed by atoms with Gasteiger partial charge < -0.3 is 14.6 Å². The van der Waals surface area contributed by atoms with E-state index in [0.29, 0.717) is 24.8 Å². The number of carboxylic acid groups (broad SMARTS) is 1. The maximum absolute atomic E-state index is 10.7. The van der Waals surface area contributed by atoms with E-state index in [-0.39, 0.29) is 12.5 Å². The minimum absolute atomic E-state index is 0.0473. The van der Waals surface area contributed by atoms with Gasteiger partial charge in [0.05, 0.1) is 19.1 Å². The van der Waals surface area contributed by atoms with E-state index in [4.69, 9.17) is 26.2 Å². The molecule has 0 saturated carbocycles. The fourth-order valence-electron chi connectivity index (χ4n) is 2.15. The van der Waals surface area contributed by atoms with Crippen molar-refractivity contribution in [2.75, 3.05) is 32.8 Å². The van der Waals surface area contributed by atoms with Crippen molar-refractivity contribution in [2.24, 2.45) is 0 Å². The molecular formula is C14H18ClNO4. The van der Waals surface area contributed by atoms with Crippen LogP contribution in [-0.4, -0.2) is 54.9 Å². The molecule has 1 aliphatic heterocycles. The zero-order valence-electron chi connectivity index (χ0n) is 11.1. The quantitative estimate of drug-likeness (QED) is 0.869. The maximum atomic E-state index is 10.7. The molecule has 110 valence electrons. The van der Waals surface area contributed by atoms with E-state index in [2.05, 4.69) is 4.90 Å². The van der Waals surface area contributed by atoms with Gasteiger partial charge in [-0.15, -0.1) is 0 Å². The molecule has 1 saturated heterocycles. The average Bonchev–Trinajstić information content (AvgIpc) is 2.38. The summed E-state index contributed by atoms with van der Waals surface area (Å²) >= 11 is 5.88. The van der Waals surface area contributed by atoms with Crippen molar-refractivity contribution in [3.8, 4) is 5.75 Å². The highest BCUT2D eigenvalue weighted by atomic mass is 35.5. The van der Waals surface area contributed by atoms with Gasteiger partial charge in [0.2, 0.25) is 0 Å². The summed E-state index contributed by atoms with van der Waals surface area (Å²) in [6, 6.07) is 7.27. The first kappa shape index (κ1) is 15.1. The molecule has 5 nitrogen and oxygen atoms in total. The molecule has 1 aromatic rings. The number of carboxylic acids is 1. The Morgan fingerprint density at radius 3 is 3.15 bits per heavy atom. The second-order valence-corrected chi connectivity index (χ2v) is 5.13. The molecule has 2 rings (SSSR count). The van der Waals surface area contributed by atoms with E-state index >= 15 is 0 Å². The molecular weight excluding hydrogens is 282 g/mol. The fourth-order valence-corrected chi connectivity index (χ4v) is 2.33. The van der Waals surface area contributed by atoms with Gasteiger partial charge in [0.15, 0.2) is 0 Å². The summed E-state index contributed by atoms with van der Waals surface area (Å²) in [7, 11) is 0. The van der Waals surface area contributed by atoms with Crippen molar-refractivity contribution < 1.29 is 19.4 Å². The molecule has 0 radical (unpaired) electrons. The highest BCUT2D eigenvalue weighted by Gasteiger charge is 2.22. The van der Waals surface area contributed by atoms with Crippen LogP contribution in [0.1, 0.15) is 6.42 Å². The Labute approximate surface area is 123 Å². The number of carbonyl (C=O) groups is 1. The molecule has 0 amide bonds. The van der Waals surface area contributed by atoms with Gasteiger partial charge in [0.1, 0.15) is 12.4 Å². The molecule has 1 heterocycles. The molecule has 6 heteroatoms. The standard InChI is InChI=1S/C14H18ClNO4/c15-11-2-1-3-12(8-11)19-6-4-16-5-7-20-13(10-16)9-14(17)18/h1-3,8,13H,4-7,9-10H2,(H,17,18). The summed E-state index contributed by atoms with van der Waals surface area (Å²) in [4.78, 5) is 12.8. The number of aliphatic carboxylic acids is 1. The summed E-state index contributed by atoms with van der Waals surface area (Å²) in [6.07, 6.45) is -0.182. The topological polar surface area (TPSA) is 59.0 Å². The molecule has 1 aromatic carbocycles. The van der Waals surface area contributed by atoms with Crippen molar-refractivity contribution in [1.82, 2.24) is 4.90 Å². The predicted octanol–water partition coefficient (Wildman–Crippen LogP) is 1.89. The molecule has 20 heavy (non-hydrogen) atoms. The monoisotopic (exact) mass is 299 g/mol. The molecule has 0 aliphatic carbocycles. The third kappa shape index (κ3) is 5.00. The van der Waals surface area contributed by atoms with Gasteiger partial charge in [-0.1, -0.05) is 17.7 Å². The van der Waals surface area contributed by atoms with Gasteiger partial charge in [-0.05, 0) is 18.2 Å². The highest BCUT2D eigenvalue weighted by Crippen LogP contribution is 2.17. The summed E-state index contributed by atoms with van der Waals surface area (Å²) in [5, 5.41) is 9.42. The molecule has 1 atom stereocenters.